The van der Waals surface area contributed by atoms with Crippen molar-refractivity contribution in [3.63, 3.8) is 0 Å². The van der Waals surface area contributed by atoms with Crippen molar-refractivity contribution in [3.8, 4) is 0 Å². The minimum absolute atomic E-state index is 0.00228. The van der Waals surface area contributed by atoms with Gasteiger partial charge >= 0.3 is 0 Å². The van der Waals surface area contributed by atoms with Crippen LogP contribution in [0.1, 0.15) is 79.1 Å². The van der Waals surface area contributed by atoms with E-state index in [1.165, 1.54) is 0 Å². The fourth-order valence-electron chi connectivity index (χ4n) is 9.36. The third kappa shape index (κ3) is 4.04. The van der Waals surface area contributed by atoms with E-state index in [0.717, 1.165) is 44.1 Å². The average Bonchev–Trinajstić information content (AvgIpc) is 2.98. The summed E-state index contributed by atoms with van der Waals surface area (Å²) < 4.78 is 0. The van der Waals surface area contributed by atoms with E-state index in [1.54, 1.807) is 0 Å². The van der Waals surface area contributed by atoms with Gasteiger partial charge in [0.05, 0.1) is 24.4 Å². The Kier molecular flexibility index (Phi) is 7.15. The maximum absolute atomic E-state index is 11.4. The van der Waals surface area contributed by atoms with Crippen LogP contribution < -0.4 is 0 Å². The highest BCUT2D eigenvalue weighted by atomic mass is 16.3. The molecule has 4 rings (SSSR count). The summed E-state index contributed by atoms with van der Waals surface area (Å²) in [5, 5.41) is 53.6. The number of aliphatic hydroxyl groups excluding tert-OH is 5. The maximum Gasteiger partial charge on any atom is 0.0838 e. The number of hydrogen-bond acceptors (Lipinski definition) is 5. The summed E-state index contributed by atoms with van der Waals surface area (Å²) in [7, 11) is 0. The molecule has 190 valence electrons. The number of aliphatic hydroxyl groups is 5. The number of rotatable bonds is 6. The molecule has 4 aliphatic rings. The Labute approximate surface area is 200 Å². The quantitative estimate of drug-likeness (QED) is 0.387. The molecule has 0 saturated heterocycles. The molecular formula is C28H48O5. The summed E-state index contributed by atoms with van der Waals surface area (Å²) >= 11 is 0. The monoisotopic (exact) mass is 464 g/mol. The predicted molar refractivity (Wildman–Crippen MR) is 129 cm³/mol. The zero-order chi connectivity index (χ0) is 24.3. The Hall–Kier alpha value is -0.460. The number of fused-ring (bicyclic) bond motifs is 5. The van der Waals surface area contributed by atoms with Crippen LogP contribution in [-0.4, -0.2) is 56.6 Å². The second kappa shape index (κ2) is 9.20. The Bertz CT molecular complexity index is 725. The second-order valence-corrected chi connectivity index (χ2v) is 12.9. The van der Waals surface area contributed by atoms with Gasteiger partial charge in [-0.3, -0.25) is 0 Å². The van der Waals surface area contributed by atoms with Crippen LogP contribution >= 0.6 is 0 Å². The molecule has 0 radical (unpaired) electrons. The lowest BCUT2D eigenvalue weighted by Crippen LogP contribution is -2.59. The van der Waals surface area contributed by atoms with Gasteiger partial charge in [-0.15, -0.1) is 0 Å². The first-order valence-electron chi connectivity index (χ1n) is 13.5. The van der Waals surface area contributed by atoms with Gasteiger partial charge in [-0.2, -0.15) is 0 Å². The zero-order valence-electron chi connectivity index (χ0n) is 21.2. The lowest BCUT2D eigenvalue weighted by atomic mass is 9.43. The lowest BCUT2D eigenvalue weighted by molar-refractivity contribution is -0.181. The highest BCUT2D eigenvalue weighted by molar-refractivity contribution is 5.16. The Morgan fingerprint density at radius 1 is 0.939 bits per heavy atom. The predicted octanol–water partition coefficient (Wildman–Crippen LogP) is 3.52. The van der Waals surface area contributed by atoms with Crippen molar-refractivity contribution in [2.24, 2.45) is 52.3 Å². The third-order valence-electron chi connectivity index (χ3n) is 11.3. The highest BCUT2D eigenvalue weighted by Crippen LogP contribution is 2.68. The molecule has 0 aliphatic heterocycles. The van der Waals surface area contributed by atoms with Gasteiger partial charge in [0.25, 0.3) is 0 Å². The molecule has 5 N–H and O–H groups in total. The SMILES string of the molecule is C=C(CCC(C)C1C(O)C(O)C2C3CC(O)C4CC(O)CCC4(C)C3CCC12C)C(C)CO. The molecule has 0 spiro atoms. The standard InChI is InChI=1S/C28H48O5/c1-15(17(3)14-29)6-7-16(2)23-25(32)26(33)24-19-13-22(31)21-12-18(30)8-10-27(21,4)20(19)9-11-28(23,24)5/h16-26,29-33H,1,6-14H2,2-5H3. The van der Waals surface area contributed by atoms with E-state index in [9.17, 15) is 25.5 Å². The van der Waals surface area contributed by atoms with E-state index < -0.39 is 18.3 Å². The van der Waals surface area contributed by atoms with Crippen molar-refractivity contribution >= 4 is 0 Å². The maximum atomic E-state index is 11.4. The van der Waals surface area contributed by atoms with Gasteiger partial charge in [0, 0.05) is 6.61 Å². The van der Waals surface area contributed by atoms with E-state index in [1.807, 2.05) is 6.92 Å². The largest absolute Gasteiger partial charge is 0.396 e. The van der Waals surface area contributed by atoms with Gasteiger partial charge in [0.2, 0.25) is 0 Å². The van der Waals surface area contributed by atoms with Gasteiger partial charge in [-0.1, -0.05) is 39.8 Å². The Morgan fingerprint density at radius 3 is 2.27 bits per heavy atom. The minimum Gasteiger partial charge on any atom is -0.396 e. The molecule has 0 heterocycles. The highest BCUT2D eigenvalue weighted by Gasteiger charge is 2.67. The molecule has 13 atom stereocenters. The Morgan fingerprint density at radius 2 is 1.61 bits per heavy atom. The van der Waals surface area contributed by atoms with Crippen LogP contribution in [0.2, 0.25) is 0 Å². The van der Waals surface area contributed by atoms with Crippen molar-refractivity contribution in [1.29, 1.82) is 0 Å². The van der Waals surface area contributed by atoms with Crippen molar-refractivity contribution in [2.75, 3.05) is 6.61 Å². The smallest absolute Gasteiger partial charge is 0.0838 e. The van der Waals surface area contributed by atoms with E-state index in [0.29, 0.717) is 18.8 Å². The summed E-state index contributed by atoms with van der Waals surface area (Å²) in [5.41, 5.74) is 0.896. The van der Waals surface area contributed by atoms with Crippen LogP contribution in [-0.2, 0) is 0 Å². The van der Waals surface area contributed by atoms with Gasteiger partial charge in [0.1, 0.15) is 0 Å². The molecule has 33 heavy (non-hydrogen) atoms. The molecule has 4 aliphatic carbocycles. The first kappa shape index (κ1) is 25.6. The topological polar surface area (TPSA) is 101 Å². The molecule has 5 heteroatoms. The van der Waals surface area contributed by atoms with Crippen LogP contribution in [0.3, 0.4) is 0 Å². The molecule has 0 aromatic carbocycles. The third-order valence-corrected chi connectivity index (χ3v) is 11.3. The van der Waals surface area contributed by atoms with Crippen LogP contribution in [0.5, 0.6) is 0 Å². The summed E-state index contributed by atoms with van der Waals surface area (Å²) in [6, 6.07) is 0. The first-order chi connectivity index (χ1) is 15.5. The summed E-state index contributed by atoms with van der Waals surface area (Å²) in [6.45, 7) is 13.1. The van der Waals surface area contributed by atoms with Crippen molar-refractivity contribution in [2.45, 2.75) is 103 Å². The second-order valence-electron chi connectivity index (χ2n) is 12.9. The van der Waals surface area contributed by atoms with Crippen LogP contribution in [0.25, 0.3) is 0 Å². The molecule has 13 unspecified atom stereocenters. The molecule has 0 aromatic rings. The zero-order valence-corrected chi connectivity index (χ0v) is 21.2. The molecule has 4 fully saturated rings. The van der Waals surface area contributed by atoms with E-state index in [4.69, 9.17) is 0 Å². The van der Waals surface area contributed by atoms with Crippen molar-refractivity contribution in [3.05, 3.63) is 12.2 Å². The molecule has 0 amide bonds. The van der Waals surface area contributed by atoms with E-state index >= 15 is 0 Å². The van der Waals surface area contributed by atoms with Gasteiger partial charge in [-0.25, -0.2) is 0 Å². The normalized spacial score (nSPS) is 51.2. The molecule has 4 saturated carbocycles. The van der Waals surface area contributed by atoms with Gasteiger partial charge < -0.3 is 25.5 Å². The first-order valence-corrected chi connectivity index (χ1v) is 13.5. The molecular weight excluding hydrogens is 416 g/mol. The summed E-state index contributed by atoms with van der Waals surface area (Å²) in [4.78, 5) is 0. The van der Waals surface area contributed by atoms with E-state index in [-0.39, 0.29) is 59.0 Å². The van der Waals surface area contributed by atoms with E-state index in [2.05, 4.69) is 27.4 Å². The Balaban J connectivity index is 1.56. The van der Waals surface area contributed by atoms with Crippen LogP contribution in [0.15, 0.2) is 12.2 Å². The van der Waals surface area contributed by atoms with Crippen molar-refractivity contribution < 1.29 is 25.5 Å². The van der Waals surface area contributed by atoms with Gasteiger partial charge in [-0.05, 0) is 104 Å². The average molecular weight is 465 g/mol. The lowest BCUT2D eigenvalue weighted by Gasteiger charge is -2.62. The molecule has 5 nitrogen and oxygen atoms in total. The van der Waals surface area contributed by atoms with Crippen LogP contribution in [0.4, 0.5) is 0 Å². The van der Waals surface area contributed by atoms with Crippen molar-refractivity contribution in [1.82, 2.24) is 0 Å². The summed E-state index contributed by atoms with van der Waals surface area (Å²) in [6.07, 6.45) is 4.64. The number of hydrogen-bond donors (Lipinski definition) is 5. The van der Waals surface area contributed by atoms with Crippen LogP contribution in [0, 0.1) is 52.3 Å². The fourth-order valence-corrected chi connectivity index (χ4v) is 9.36. The minimum atomic E-state index is -0.753. The fraction of sp³-hybridized carbons (Fsp3) is 0.929. The molecule has 0 bridgehead atoms. The summed E-state index contributed by atoms with van der Waals surface area (Å²) in [5.74, 6) is 1.11. The van der Waals surface area contributed by atoms with Gasteiger partial charge in [0.15, 0.2) is 0 Å². The molecule has 0 aromatic heterocycles.